The van der Waals surface area contributed by atoms with E-state index in [2.05, 4.69) is 10.1 Å². The number of ether oxygens (including phenoxy) is 1. The van der Waals surface area contributed by atoms with Crippen molar-refractivity contribution in [3.8, 4) is 0 Å². The monoisotopic (exact) mass is 243 g/mol. The summed E-state index contributed by atoms with van der Waals surface area (Å²) < 4.78 is 27.9. The Labute approximate surface area is 93.1 Å². The summed E-state index contributed by atoms with van der Waals surface area (Å²) >= 11 is 5.58. The second kappa shape index (κ2) is 6.95. The first kappa shape index (κ1) is 14.6. The summed E-state index contributed by atoms with van der Waals surface area (Å²) in [4.78, 5) is 11.4. The molecule has 0 aromatic carbocycles. The second-order valence-electron chi connectivity index (χ2n) is 3.74. The summed E-state index contributed by atoms with van der Waals surface area (Å²) in [6.45, 7) is 3.10. The number of carbonyl (C=O) groups is 1. The molecule has 0 aromatic heterocycles. The third-order valence-corrected chi connectivity index (χ3v) is 2.39. The highest BCUT2D eigenvalue weighted by molar-refractivity contribution is 6.19. The lowest BCUT2D eigenvalue weighted by Gasteiger charge is -2.20. The van der Waals surface area contributed by atoms with Gasteiger partial charge in [0, 0.05) is 12.4 Å². The average Bonchev–Trinajstić information content (AvgIpc) is 2.16. The summed E-state index contributed by atoms with van der Waals surface area (Å²) in [6.07, 6.45) is -2.47. The molecule has 0 aliphatic carbocycles. The molecule has 3 nitrogen and oxygen atoms in total. The summed E-state index contributed by atoms with van der Waals surface area (Å²) in [5.74, 6) is -0.00497. The van der Waals surface area contributed by atoms with Gasteiger partial charge < -0.3 is 10.1 Å². The van der Waals surface area contributed by atoms with Crippen LogP contribution in [-0.2, 0) is 9.53 Å². The summed E-state index contributed by atoms with van der Waals surface area (Å²) in [5.41, 5.74) is -0.649. The Balaban J connectivity index is 3.56. The van der Waals surface area contributed by atoms with Gasteiger partial charge in [0.05, 0.1) is 12.0 Å². The quantitative estimate of drug-likeness (QED) is 0.546. The van der Waals surface area contributed by atoms with Crippen LogP contribution in [0.25, 0.3) is 0 Å². The van der Waals surface area contributed by atoms with Gasteiger partial charge in [0.25, 0.3) is 6.43 Å². The molecule has 1 amide bonds. The van der Waals surface area contributed by atoms with Gasteiger partial charge in [-0.3, -0.25) is 4.79 Å². The highest BCUT2D eigenvalue weighted by atomic mass is 35.5. The van der Waals surface area contributed by atoms with E-state index in [1.54, 1.807) is 13.8 Å². The Bertz CT molecular complexity index is 201. The molecule has 90 valence electrons. The number of rotatable bonds is 7. The first-order valence-electron chi connectivity index (χ1n) is 4.60. The van der Waals surface area contributed by atoms with Gasteiger partial charge in [-0.1, -0.05) is 0 Å². The number of hydrogen-bond donors (Lipinski definition) is 1. The SMILES string of the molecule is CC(C)(CCl)C(=O)NCCOCC(F)F. The Morgan fingerprint density at radius 3 is 2.60 bits per heavy atom. The van der Waals surface area contributed by atoms with Gasteiger partial charge in [-0.25, -0.2) is 8.78 Å². The third kappa shape index (κ3) is 6.62. The van der Waals surface area contributed by atoms with E-state index in [0.29, 0.717) is 0 Å². The molecule has 0 heterocycles. The van der Waals surface area contributed by atoms with Gasteiger partial charge in [0.2, 0.25) is 5.91 Å². The van der Waals surface area contributed by atoms with Crippen molar-refractivity contribution in [1.29, 1.82) is 0 Å². The Kier molecular flexibility index (Phi) is 6.76. The standard InChI is InChI=1S/C9H16ClF2NO2/c1-9(2,6-10)8(14)13-3-4-15-5-7(11)12/h7H,3-6H2,1-2H3,(H,13,14). The largest absolute Gasteiger partial charge is 0.374 e. The molecule has 1 N–H and O–H groups in total. The third-order valence-electron chi connectivity index (χ3n) is 1.72. The van der Waals surface area contributed by atoms with E-state index < -0.39 is 18.4 Å². The smallest absolute Gasteiger partial charge is 0.261 e. The number of carbonyl (C=O) groups excluding carboxylic acids is 1. The molecule has 0 bridgehead atoms. The predicted octanol–water partition coefficient (Wildman–Crippen LogP) is 1.65. The second-order valence-corrected chi connectivity index (χ2v) is 4.01. The van der Waals surface area contributed by atoms with Crippen LogP contribution < -0.4 is 5.32 Å². The fraction of sp³-hybridized carbons (Fsp3) is 0.889. The van der Waals surface area contributed by atoms with E-state index >= 15 is 0 Å². The zero-order valence-corrected chi connectivity index (χ0v) is 9.61. The Morgan fingerprint density at radius 2 is 2.13 bits per heavy atom. The van der Waals surface area contributed by atoms with Gasteiger partial charge in [0.1, 0.15) is 6.61 Å². The van der Waals surface area contributed by atoms with Crippen LogP contribution >= 0.6 is 11.6 Å². The van der Waals surface area contributed by atoms with Crippen LogP contribution in [0, 0.1) is 5.41 Å². The van der Waals surface area contributed by atoms with E-state index in [0.717, 1.165) is 0 Å². The highest BCUT2D eigenvalue weighted by Gasteiger charge is 2.25. The number of alkyl halides is 3. The zero-order chi connectivity index (χ0) is 11.9. The number of amides is 1. The fourth-order valence-corrected chi connectivity index (χ4v) is 0.830. The number of halogens is 3. The van der Waals surface area contributed by atoms with E-state index in [4.69, 9.17) is 11.6 Å². The molecule has 6 heteroatoms. The topological polar surface area (TPSA) is 38.3 Å². The summed E-state index contributed by atoms with van der Waals surface area (Å²) in [5, 5.41) is 2.55. The minimum Gasteiger partial charge on any atom is -0.374 e. The minimum atomic E-state index is -2.47. The first-order valence-corrected chi connectivity index (χ1v) is 5.14. The Morgan fingerprint density at radius 1 is 1.53 bits per heavy atom. The van der Waals surface area contributed by atoms with Gasteiger partial charge >= 0.3 is 0 Å². The van der Waals surface area contributed by atoms with Crippen molar-refractivity contribution < 1.29 is 18.3 Å². The molecular formula is C9H16ClF2NO2. The van der Waals surface area contributed by atoms with Crippen molar-refractivity contribution in [2.45, 2.75) is 20.3 Å². The molecule has 15 heavy (non-hydrogen) atoms. The highest BCUT2D eigenvalue weighted by Crippen LogP contribution is 2.16. The zero-order valence-electron chi connectivity index (χ0n) is 8.86. The van der Waals surface area contributed by atoms with Crippen molar-refractivity contribution in [3.05, 3.63) is 0 Å². The molecule has 0 aliphatic rings. The van der Waals surface area contributed by atoms with Crippen LogP contribution in [0.5, 0.6) is 0 Å². The molecule has 0 aliphatic heterocycles. The van der Waals surface area contributed by atoms with Crippen LogP contribution in [0.4, 0.5) is 8.78 Å². The minimum absolute atomic E-state index is 0.0778. The molecule has 0 radical (unpaired) electrons. The molecule has 0 fully saturated rings. The van der Waals surface area contributed by atoms with Crippen LogP contribution in [0.15, 0.2) is 0 Å². The van der Waals surface area contributed by atoms with E-state index in [-0.39, 0.29) is 24.9 Å². The lowest BCUT2D eigenvalue weighted by atomic mass is 9.95. The maximum absolute atomic E-state index is 11.6. The van der Waals surface area contributed by atoms with Crippen molar-refractivity contribution in [3.63, 3.8) is 0 Å². The fourth-order valence-electron chi connectivity index (χ4n) is 0.709. The lowest BCUT2D eigenvalue weighted by molar-refractivity contribution is -0.128. The molecule has 0 atom stereocenters. The normalized spacial score (nSPS) is 11.9. The Hall–Kier alpha value is -0.420. The van der Waals surface area contributed by atoms with E-state index in [1.807, 2.05) is 0 Å². The summed E-state index contributed by atoms with van der Waals surface area (Å²) in [6, 6.07) is 0. The van der Waals surface area contributed by atoms with Crippen LogP contribution in [0.2, 0.25) is 0 Å². The van der Waals surface area contributed by atoms with Crippen molar-refractivity contribution in [2.24, 2.45) is 5.41 Å². The van der Waals surface area contributed by atoms with Crippen molar-refractivity contribution >= 4 is 17.5 Å². The number of nitrogens with one attached hydrogen (secondary N) is 1. The molecule has 0 saturated carbocycles. The van der Waals surface area contributed by atoms with Gasteiger partial charge in [0.15, 0.2) is 0 Å². The predicted molar refractivity (Wildman–Crippen MR) is 54.3 cm³/mol. The van der Waals surface area contributed by atoms with E-state index in [1.165, 1.54) is 0 Å². The maximum atomic E-state index is 11.6. The molecular weight excluding hydrogens is 228 g/mol. The van der Waals surface area contributed by atoms with Crippen LogP contribution in [-0.4, -0.2) is 38.0 Å². The number of hydrogen-bond acceptors (Lipinski definition) is 2. The van der Waals surface area contributed by atoms with Crippen molar-refractivity contribution in [2.75, 3.05) is 25.6 Å². The molecule has 0 aromatic rings. The average molecular weight is 244 g/mol. The molecule has 0 spiro atoms. The summed E-state index contributed by atoms with van der Waals surface area (Å²) in [7, 11) is 0. The van der Waals surface area contributed by atoms with Crippen LogP contribution in [0.1, 0.15) is 13.8 Å². The molecule has 0 saturated heterocycles. The van der Waals surface area contributed by atoms with E-state index in [9.17, 15) is 13.6 Å². The lowest BCUT2D eigenvalue weighted by Crippen LogP contribution is -2.39. The maximum Gasteiger partial charge on any atom is 0.261 e. The van der Waals surface area contributed by atoms with Crippen LogP contribution in [0.3, 0.4) is 0 Å². The molecule has 0 unspecified atom stereocenters. The van der Waals surface area contributed by atoms with Crippen molar-refractivity contribution in [1.82, 2.24) is 5.32 Å². The first-order chi connectivity index (χ1) is 6.90. The van der Waals surface area contributed by atoms with Gasteiger partial charge in [-0.15, -0.1) is 11.6 Å². The molecule has 0 rings (SSSR count). The van der Waals surface area contributed by atoms with Gasteiger partial charge in [-0.05, 0) is 13.8 Å². The van der Waals surface area contributed by atoms with Gasteiger partial charge in [-0.2, -0.15) is 0 Å².